The lowest BCUT2D eigenvalue weighted by Gasteiger charge is -2.14. The number of ether oxygens (including phenoxy) is 3. The Morgan fingerprint density at radius 1 is 0.907 bits per heavy atom. The summed E-state index contributed by atoms with van der Waals surface area (Å²) in [6.45, 7) is 3.85. The first-order valence-corrected chi connectivity index (χ1v) is 15.9. The first kappa shape index (κ1) is 30.5. The number of nitrogens with zero attached hydrogens (tertiary/aromatic N) is 3. The van der Waals surface area contributed by atoms with Crippen LogP contribution in [0.4, 0.5) is 5.00 Å². The quantitative estimate of drug-likeness (QED) is 0.116. The van der Waals surface area contributed by atoms with E-state index in [-0.39, 0.29) is 18.5 Å². The molecule has 1 unspecified atom stereocenters. The number of esters is 1. The maximum atomic E-state index is 13.4. The Labute approximate surface area is 259 Å². The highest BCUT2D eigenvalue weighted by Gasteiger charge is 2.28. The van der Waals surface area contributed by atoms with Crippen molar-refractivity contribution >= 4 is 40.0 Å². The van der Waals surface area contributed by atoms with Gasteiger partial charge < -0.3 is 19.5 Å². The van der Waals surface area contributed by atoms with Crippen LogP contribution < -0.4 is 14.8 Å². The molecule has 0 saturated carbocycles. The highest BCUT2D eigenvalue weighted by molar-refractivity contribution is 8.00. The van der Waals surface area contributed by atoms with E-state index in [0.717, 1.165) is 65.2 Å². The summed E-state index contributed by atoms with van der Waals surface area (Å²) >= 11 is 2.69. The molecule has 2 heterocycles. The number of fused-ring (bicyclic) bond motifs is 1. The van der Waals surface area contributed by atoms with E-state index in [1.165, 1.54) is 23.1 Å². The monoisotopic (exact) mass is 618 g/mol. The van der Waals surface area contributed by atoms with E-state index in [1.54, 1.807) is 28.1 Å². The number of benzene rings is 2. The predicted octanol–water partition coefficient (Wildman–Crippen LogP) is 6.85. The number of carbonyl (C=O) groups is 2. The Morgan fingerprint density at radius 2 is 1.53 bits per heavy atom. The van der Waals surface area contributed by atoms with Gasteiger partial charge in [-0.05, 0) is 93.6 Å². The van der Waals surface area contributed by atoms with Gasteiger partial charge in [0.15, 0.2) is 0 Å². The lowest BCUT2D eigenvalue weighted by molar-refractivity contribution is -0.115. The van der Waals surface area contributed by atoms with Gasteiger partial charge in [0.25, 0.3) is 0 Å². The molecule has 5 rings (SSSR count). The number of thioether (sulfide) groups is 1. The third-order valence-electron chi connectivity index (χ3n) is 7.18. The van der Waals surface area contributed by atoms with Gasteiger partial charge in [0.2, 0.25) is 11.1 Å². The predicted molar refractivity (Wildman–Crippen MR) is 169 cm³/mol. The summed E-state index contributed by atoms with van der Waals surface area (Å²) < 4.78 is 16.0. The van der Waals surface area contributed by atoms with Gasteiger partial charge in [-0.1, -0.05) is 18.2 Å². The van der Waals surface area contributed by atoms with Gasteiger partial charge in [0, 0.05) is 16.0 Å². The Bertz CT molecular complexity index is 1590. The van der Waals surface area contributed by atoms with Crippen LogP contribution in [0.3, 0.4) is 0 Å². The molecular weight excluding hydrogens is 585 g/mol. The largest absolute Gasteiger partial charge is 0.497 e. The summed E-state index contributed by atoms with van der Waals surface area (Å²) in [5.41, 5.74) is 4.41. The van der Waals surface area contributed by atoms with Crippen molar-refractivity contribution in [3.63, 3.8) is 0 Å². The third kappa shape index (κ3) is 7.00. The van der Waals surface area contributed by atoms with Crippen molar-refractivity contribution in [3.8, 4) is 34.0 Å². The van der Waals surface area contributed by atoms with Crippen LogP contribution in [0.2, 0.25) is 0 Å². The summed E-state index contributed by atoms with van der Waals surface area (Å²) in [5, 5.41) is 12.3. The van der Waals surface area contributed by atoms with Crippen LogP contribution in [0.25, 0.3) is 22.5 Å². The maximum Gasteiger partial charge on any atom is 0.341 e. The van der Waals surface area contributed by atoms with Crippen molar-refractivity contribution in [2.45, 2.75) is 56.4 Å². The average Bonchev–Trinajstić information content (AvgIpc) is 3.20. The van der Waals surface area contributed by atoms with Gasteiger partial charge in [-0.15, -0.1) is 21.5 Å². The lowest BCUT2D eigenvalue weighted by atomic mass is 10.0. The molecule has 0 fully saturated rings. The number of methoxy groups -OCH3 is 2. The van der Waals surface area contributed by atoms with Crippen molar-refractivity contribution in [2.75, 3.05) is 26.1 Å². The van der Waals surface area contributed by atoms with Crippen LogP contribution >= 0.6 is 23.1 Å². The molecule has 0 bridgehead atoms. The molecule has 1 amide bonds. The molecule has 224 valence electrons. The highest BCUT2D eigenvalue weighted by Crippen LogP contribution is 2.39. The number of nitrogens with one attached hydrogen (secondary N) is 1. The van der Waals surface area contributed by atoms with Crippen LogP contribution in [-0.2, 0) is 22.4 Å². The molecule has 0 spiro atoms. The van der Waals surface area contributed by atoms with E-state index >= 15 is 0 Å². The van der Waals surface area contributed by atoms with Gasteiger partial charge in [-0.2, -0.15) is 0 Å². The van der Waals surface area contributed by atoms with Gasteiger partial charge in [0.05, 0.1) is 31.6 Å². The fraction of sp³-hybridized carbons (Fsp3) is 0.344. The topological polar surface area (TPSA) is 113 Å². The number of aromatic nitrogens is 3. The second-order valence-electron chi connectivity index (χ2n) is 9.99. The molecule has 1 atom stereocenters. The van der Waals surface area contributed by atoms with E-state index in [2.05, 4.69) is 15.5 Å². The zero-order valence-corrected chi connectivity index (χ0v) is 26.3. The number of thiophene rings is 1. The Kier molecular flexibility index (Phi) is 9.93. The Morgan fingerprint density at radius 3 is 2.16 bits per heavy atom. The minimum absolute atomic E-state index is 0.249. The summed E-state index contributed by atoms with van der Waals surface area (Å²) in [6, 6.07) is 15.1. The molecule has 2 aromatic heterocycles. The number of hydrogen-bond acceptors (Lipinski definition) is 10. The summed E-state index contributed by atoms with van der Waals surface area (Å²) in [4.78, 5) is 32.4. The average molecular weight is 619 g/mol. The highest BCUT2D eigenvalue weighted by atomic mass is 32.2. The number of anilines is 1. The van der Waals surface area contributed by atoms with Gasteiger partial charge >= 0.3 is 5.97 Å². The molecule has 0 radical (unpaired) electrons. The molecule has 4 aromatic rings. The van der Waals surface area contributed by atoms with Crippen molar-refractivity contribution in [3.05, 3.63) is 64.5 Å². The molecule has 11 heteroatoms. The molecule has 0 aliphatic heterocycles. The van der Waals surface area contributed by atoms with Crippen LogP contribution in [-0.4, -0.2) is 53.1 Å². The van der Waals surface area contributed by atoms with E-state index in [0.29, 0.717) is 27.1 Å². The molecule has 0 saturated heterocycles. The van der Waals surface area contributed by atoms with Crippen molar-refractivity contribution in [1.82, 2.24) is 15.2 Å². The standard InChI is InChI=1S/C32H34N4O5S2/c1-5-41-31(38)26-24-9-7-6-8-10-25(24)43-30(26)34-29(37)19(2)42-32-33-27(20-11-15-22(39-3)16-12-20)28(35-36-32)21-13-17-23(40-4)18-14-21/h11-19H,5-10H2,1-4H3,(H,34,37). The van der Waals surface area contributed by atoms with Gasteiger partial charge in [-0.3, -0.25) is 4.79 Å². The maximum absolute atomic E-state index is 13.4. The second-order valence-corrected chi connectivity index (χ2v) is 12.4. The van der Waals surface area contributed by atoms with Gasteiger partial charge in [0.1, 0.15) is 27.9 Å². The zero-order chi connectivity index (χ0) is 30.3. The van der Waals surface area contributed by atoms with Crippen LogP contribution in [0.15, 0.2) is 53.7 Å². The molecule has 43 heavy (non-hydrogen) atoms. The van der Waals surface area contributed by atoms with Crippen molar-refractivity contribution in [1.29, 1.82) is 0 Å². The van der Waals surface area contributed by atoms with E-state index in [1.807, 2.05) is 48.5 Å². The van der Waals surface area contributed by atoms with Crippen LogP contribution in [0.5, 0.6) is 11.5 Å². The molecule has 1 aliphatic rings. The smallest absolute Gasteiger partial charge is 0.341 e. The van der Waals surface area contributed by atoms with Crippen LogP contribution in [0.1, 0.15) is 53.9 Å². The molecule has 2 aromatic carbocycles. The first-order valence-electron chi connectivity index (χ1n) is 14.2. The van der Waals surface area contributed by atoms with Crippen molar-refractivity contribution < 1.29 is 23.8 Å². The lowest BCUT2D eigenvalue weighted by Crippen LogP contribution is -2.23. The Hall–Kier alpha value is -3.96. The first-order chi connectivity index (χ1) is 20.9. The zero-order valence-electron chi connectivity index (χ0n) is 24.6. The summed E-state index contributed by atoms with van der Waals surface area (Å²) in [7, 11) is 3.24. The fourth-order valence-electron chi connectivity index (χ4n) is 4.93. The number of rotatable bonds is 10. The minimum atomic E-state index is -0.561. The van der Waals surface area contributed by atoms with E-state index in [9.17, 15) is 9.59 Å². The molecular formula is C32H34N4O5S2. The Balaban J connectivity index is 1.41. The summed E-state index contributed by atoms with van der Waals surface area (Å²) in [6.07, 6.45) is 4.93. The van der Waals surface area contributed by atoms with E-state index < -0.39 is 5.25 Å². The normalized spacial score (nSPS) is 13.4. The number of carbonyl (C=O) groups excluding carboxylic acids is 2. The SMILES string of the molecule is CCOC(=O)c1c(NC(=O)C(C)Sc2nnc(-c3ccc(OC)cc3)c(-c3ccc(OC)cc3)n2)sc2c1CCCCC2. The van der Waals surface area contributed by atoms with Crippen molar-refractivity contribution in [2.24, 2.45) is 0 Å². The van der Waals surface area contributed by atoms with Crippen LogP contribution in [0, 0.1) is 0 Å². The number of aryl methyl sites for hydroxylation is 1. The third-order valence-corrected chi connectivity index (χ3v) is 9.34. The number of amides is 1. The molecule has 1 aliphatic carbocycles. The number of hydrogen-bond donors (Lipinski definition) is 1. The second kappa shape index (κ2) is 14.0. The summed E-state index contributed by atoms with van der Waals surface area (Å²) in [5.74, 6) is 0.824. The molecule has 1 N–H and O–H groups in total. The molecule has 9 nitrogen and oxygen atoms in total. The van der Waals surface area contributed by atoms with E-state index in [4.69, 9.17) is 19.2 Å². The minimum Gasteiger partial charge on any atom is -0.497 e. The fourth-order valence-corrected chi connectivity index (χ4v) is 6.92. The van der Waals surface area contributed by atoms with Gasteiger partial charge in [-0.25, -0.2) is 9.78 Å².